The minimum atomic E-state index is -4.75. The van der Waals surface area contributed by atoms with E-state index in [2.05, 4.69) is 20.5 Å². The Morgan fingerprint density at radius 2 is 1.94 bits per heavy atom. The fourth-order valence-electron chi connectivity index (χ4n) is 3.54. The lowest BCUT2D eigenvalue weighted by atomic mass is 10.1. The van der Waals surface area contributed by atoms with Crippen molar-refractivity contribution in [1.82, 2.24) is 24.4 Å². The van der Waals surface area contributed by atoms with Crippen LogP contribution >= 0.6 is 22.9 Å². The summed E-state index contributed by atoms with van der Waals surface area (Å²) in [5.41, 5.74) is 0.503. The molecule has 1 aromatic carbocycles. The number of halogens is 4. The highest BCUT2D eigenvalue weighted by Crippen LogP contribution is 2.35. The third-order valence-corrected chi connectivity index (χ3v) is 6.53. The molecule has 0 spiro atoms. The topological polar surface area (TPSA) is 77.1 Å². The molecule has 4 heterocycles. The fourth-order valence-corrected chi connectivity index (χ4v) is 4.48. The van der Waals surface area contributed by atoms with Gasteiger partial charge in [-0.05, 0) is 35.6 Å². The molecular weight excluding hydrogens is 501 g/mol. The molecule has 0 saturated heterocycles. The molecule has 0 unspecified atom stereocenters. The Kier molecular flexibility index (Phi) is 5.81. The summed E-state index contributed by atoms with van der Waals surface area (Å²) in [6, 6.07) is 13.6. The molecule has 0 saturated carbocycles. The van der Waals surface area contributed by atoms with Crippen molar-refractivity contribution in [2.75, 3.05) is 5.32 Å². The van der Waals surface area contributed by atoms with E-state index in [0.717, 1.165) is 17.2 Å². The second-order valence-corrected chi connectivity index (χ2v) is 9.00. The van der Waals surface area contributed by atoms with E-state index in [1.807, 2.05) is 31.2 Å². The van der Waals surface area contributed by atoms with E-state index in [1.165, 1.54) is 11.3 Å². The van der Waals surface area contributed by atoms with Gasteiger partial charge in [-0.15, -0.1) is 11.3 Å². The van der Waals surface area contributed by atoms with Gasteiger partial charge in [0, 0.05) is 12.3 Å². The number of hydrogen-bond donors (Lipinski definition) is 1. The number of alkyl halides is 3. The van der Waals surface area contributed by atoms with Crippen LogP contribution in [0, 0.1) is 6.92 Å². The van der Waals surface area contributed by atoms with Gasteiger partial charge in [0.2, 0.25) is 0 Å². The highest BCUT2D eigenvalue weighted by Gasteiger charge is 2.37. The van der Waals surface area contributed by atoms with Crippen molar-refractivity contribution in [3.8, 4) is 10.6 Å². The van der Waals surface area contributed by atoms with Crippen LogP contribution in [0.3, 0.4) is 0 Å². The molecule has 0 aliphatic rings. The first-order chi connectivity index (χ1) is 16.7. The maximum Gasteiger partial charge on any atom is 0.433 e. The van der Waals surface area contributed by atoms with Gasteiger partial charge in [-0.1, -0.05) is 41.9 Å². The quantitative estimate of drug-likeness (QED) is 0.314. The number of carbonyl (C=O) groups is 1. The first-order valence-corrected chi connectivity index (χ1v) is 11.6. The zero-order chi connectivity index (χ0) is 24.7. The largest absolute Gasteiger partial charge is 0.433 e. The lowest BCUT2D eigenvalue weighted by Crippen LogP contribution is -2.16. The smallest absolute Gasteiger partial charge is 0.304 e. The van der Waals surface area contributed by atoms with E-state index in [9.17, 15) is 18.0 Å². The molecule has 1 N–H and O–H groups in total. The third-order valence-electron chi connectivity index (χ3n) is 5.29. The molecule has 0 bridgehead atoms. The van der Waals surface area contributed by atoms with Crippen molar-refractivity contribution in [2.24, 2.45) is 0 Å². The van der Waals surface area contributed by atoms with E-state index in [4.69, 9.17) is 11.6 Å². The zero-order valence-electron chi connectivity index (χ0n) is 18.0. The first kappa shape index (κ1) is 23.1. The molecule has 35 heavy (non-hydrogen) atoms. The number of nitrogens with one attached hydrogen (secondary N) is 1. The number of carbonyl (C=O) groups excluding carboxylic acids is 1. The molecule has 0 atom stereocenters. The highest BCUT2D eigenvalue weighted by molar-refractivity contribution is 7.13. The summed E-state index contributed by atoms with van der Waals surface area (Å²) in [7, 11) is 0. The van der Waals surface area contributed by atoms with Crippen LogP contribution in [0.4, 0.5) is 19.0 Å². The monoisotopic (exact) mass is 516 g/mol. The maximum absolute atomic E-state index is 13.8. The molecule has 5 aromatic rings. The standard InChI is InChI=1S/C23H16ClF3N6OS/c1-13-5-2-3-6-14(13)12-32-9-8-18(30-32)29-22(34)20-19(24)21-28-15(16-7-4-10-35-16)11-17(23(25,26)27)33(21)31-20/h2-11H,12H2,1H3,(H,29,30,34). The molecule has 4 aromatic heterocycles. The van der Waals surface area contributed by atoms with Crippen LogP contribution in [0.1, 0.15) is 27.3 Å². The zero-order valence-corrected chi connectivity index (χ0v) is 19.6. The number of thiophene rings is 1. The minimum Gasteiger partial charge on any atom is -0.304 e. The van der Waals surface area contributed by atoms with Gasteiger partial charge in [0.25, 0.3) is 5.91 Å². The molecule has 0 fully saturated rings. The van der Waals surface area contributed by atoms with Gasteiger partial charge in [0.1, 0.15) is 5.02 Å². The van der Waals surface area contributed by atoms with Gasteiger partial charge in [-0.3, -0.25) is 9.48 Å². The van der Waals surface area contributed by atoms with Crippen molar-refractivity contribution in [3.05, 3.63) is 87.6 Å². The number of hydrogen-bond acceptors (Lipinski definition) is 5. The predicted octanol–water partition coefficient (Wildman–Crippen LogP) is 5.94. The van der Waals surface area contributed by atoms with Crippen LogP contribution < -0.4 is 5.32 Å². The van der Waals surface area contributed by atoms with Gasteiger partial charge >= 0.3 is 6.18 Å². The van der Waals surface area contributed by atoms with Crippen LogP contribution in [-0.2, 0) is 12.7 Å². The number of amides is 1. The molecule has 5 rings (SSSR count). The van der Waals surface area contributed by atoms with Crippen molar-refractivity contribution >= 4 is 40.3 Å². The predicted molar refractivity (Wildman–Crippen MR) is 127 cm³/mol. The lowest BCUT2D eigenvalue weighted by Gasteiger charge is -2.10. The van der Waals surface area contributed by atoms with E-state index in [0.29, 0.717) is 15.9 Å². The van der Waals surface area contributed by atoms with Gasteiger partial charge in [-0.2, -0.15) is 23.4 Å². The fraction of sp³-hybridized carbons (Fsp3) is 0.130. The highest BCUT2D eigenvalue weighted by atomic mass is 35.5. The van der Waals surface area contributed by atoms with Gasteiger partial charge in [0.05, 0.1) is 17.1 Å². The Bertz CT molecular complexity index is 1540. The summed E-state index contributed by atoms with van der Waals surface area (Å²) in [6.45, 7) is 2.47. The third kappa shape index (κ3) is 4.52. The summed E-state index contributed by atoms with van der Waals surface area (Å²) in [6.07, 6.45) is -3.06. The average molecular weight is 517 g/mol. The number of aromatic nitrogens is 5. The number of aryl methyl sites for hydroxylation is 1. The molecular formula is C23H16ClF3N6OS. The van der Waals surface area contributed by atoms with Gasteiger partial charge in [-0.25, -0.2) is 9.50 Å². The Morgan fingerprint density at radius 3 is 2.66 bits per heavy atom. The van der Waals surface area contributed by atoms with E-state index in [-0.39, 0.29) is 27.9 Å². The molecule has 12 heteroatoms. The number of anilines is 1. The Morgan fingerprint density at radius 1 is 1.14 bits per heavy atom. The van der Waals surface area contributed by atoms with Crippen molar-refractivity contribution in [2.45, 2.75) is 19.6 Å². The van der Waals surface area contributed by atoms with Crippen LogP contribution in [-0.4, -0.2) is 30.3 Å². The second kappa shape index (κ2) is 8.82. The number of nitrogens with zero attached hydrogens (tertiary/aromatic N) is 5. The second-order valence-electron chi connectivity index (χ2n) is 7.68. The number of rotatable bonds is 5. The molecule has 0 aliphatic carbocycles. The summed E-state index contributed by atoms with van der Waals surface area (Å²) >= 11 is 7.54. The Balaban J connectivity index is 1.46. The van der Waals surface area contributed by atoms with E-state index < -0.39 is 17.8 Å². The molecule has 178 valence electrons. The Labute approximate surface area is 205 Å². The molecule has 7 nitrogen and oxygen atoms in total. The lowest BCUT2D eigenvalue weighted by molar-refractivity contribution is -0.142. The summed E-state index contributed by atoms with van der Waals surface area (Å²) < 4.78 is 43.6. The van der Waals surface area contributed by atoms with Crippen LogP contribution in [0.2, 0.25) is 5.02 Å². The SMILES string of the molecule is Cc1ccccc1Cn1ccc(NC(=O)c2nn3c(C(F)(F)F)cc(-c4cccs4)nc3c2Cl)n1. The minimum absolute atomic E-state index is 0.0866. The summed E-state index contributed by atoms with van der Waals surface area (Å²) in [5, 5.41) is 12.1. The van der Waals surface area contributed by atoms with Crippen LogP contribution in [0.25, 0.3) is 16.2 Å². The van der Waals surface area contributed by atoms with E-state index in [1.54, 1.807) is 34.5 Å². The van der Waals surface area contributed by atoms with E-state index >= 15 is 0 Å². The van der Waals surface area contributed by atoms with Crippen LogP contribution in [0.15, 0.2) is 60.1 Å². The average Bonchev–Trinajstić information content (AvgIpc) is 3.55. The van der Waals surface area contributed by atoms with Crippen molar-refractivity contribution < 1.29 is 18.0 Å². The summed E-state index contributed by atoms with van der Waals surface area (Å²) in [4.78, 5) is 17.6. The van der Waals surface area contributed by atoms with Gasteiger partial charge < -0.3 is 5.32 Å². The molecule has 0 aliphatic heterocycles. The maximum atomic E-state index is 13.8. The van der Waals surface area contributed by atoms with Crippen molar-refractivity contribution in [1.29, 1.82) is 0 Å². The first-order valence-electron chi connectivity index (χ1n) is 10.3. The van der Waals surface area contributed by atoms with Crippen LogP contribution in [0.5, 0.6) is 0 Å². The molecule has 0 radical (unpaired) electrons. The number of benzene rings is 1. The normalized spacial score (nSPS) is 11.8. The Hall–Kier alpha value is -3.70. The molecule has 1 amide bonds. The van der Waals surface area contributed by atoms with Crippen molar-refractivity contribution in [3.63, 3.8) is 0 Å². The number of fused-ring (bicyclic) bond motifs is 1. The van der Waals surface area contributed by atoms with Gasteiger partial charge in [0.15, 0.2) is 22.9 Å². The summed E-state index contributed by atoms with van der Waals surface area (Å²) in [5.74, 6) is -0.590.